The van der Waals surface area contributed by atoms with Gasteiger partial charge in [0.2, 0.25) is 0 Å². The number of ether oxygens (including phenoxy) is 1. The first-order valence-electron chi connectivity index (χ1n) is 11.3. The van der Waals surface area contributed by atoms with Crippen molar-refractivity contribution in [2.45, 2.75) is 95.0 Å². The van der Waals surface area contributed by atoms with E-state index in [0.29, 0.717) is 5.92 Å². The van der Waals surface area contributed by atoms with Crippen molar-refractivity contribution in [2.75, 3.05) is 18.1 Å². The Morgan fingerprint density at radius 1 is 0.778 bits per heavy atom. The second-order valence-electron chi connectivity index (χ2n) is 7.83. The van der Waals surface area contributed by atoms with E-state index in [1.54, 1.807) is 0 Å². The zero-order valence-corrected chi connectivity index (χ0v) is 19.2. The highest BCUT2D eigenvalue weighted by atomic mass is 32.2. The standard InChI is InChI=1S/C24H40OS2/c1-3-5-7-9-11-13-24-26-19-22(20-27-24)21-14-16-23(17-15-21)25-18-12-10-8-6-4-2/h14-17,22,24H,3-13,18-20H2,1-2H3. The number of unbranched alkanes of at least 4 members (excludes halogenated alkanes) is 8. The van der Waals surface area contributed by atoms with Crippen LogP contribution in [-0.4, -0.2) is 22.7 Å². The third-order valence-corrected chi connectivity index (χ3v) is 8.60. The summed E-state index contributed by atoms with van der Waals surface area (Å²) in [7, 11) is 0. The van der Waals surface area contributed by atoms with Crippen LogP contribution in [0.3, 0.4) is 0 Å². The van der Waals surface area contributed by atoms with Gasteiger partial charge in [0.1, 0.15) is 5.75 Å². The Bertz CT molecular complexity index is 466. The molecular formula is C24H40OS2. The molecule has 27 heavy (non-hydrogen) atoms. The van der Waals surface area contributed by atoms with Crippen LogP contribution in [0.1, 0.15) is 96.0 Å². The van der Waals surface area contributed by atoms with Gasteiger partial charge in [-0.15, -0.1) is 23.5 Å². The highest BCUT2D eigenvalue weighted by Gasteiger charge is 2.23. The summed E-state index contributed by atoms with van der Waals surface area (Å²) in [6.45, 7) is 5.41. The fourth-order valence-electron chi connectivity index (χ4n) is 3.55. The third-order valence-electron chi connectivity index (χ3n) is 5.38. The highest BCUT2D eigenvalue weighted by Crippen LogP contribution is 2.40. The molecule has 0 N–H and O–H groups in total. The maximum Gasteiger partial charge on any atom is 0.119 e. The van der Waals surface area contributed by atoms with E-state index in [2.05, 4.69) is 61.6 Å². The molecule has 0 atom stereocenters. The van der Waals surface area contributed by atoms with Crippen molar-refractivity contribution >= 4 is 23.5 Å². The molecule has 1 aliphatic heterocycles. The van der Waals surface area contributed by atoms with Gasteiger partial charge in [0, 0.05) is 17.4 Å². The van der Waals surface area contributed by atoms with Gasteiger partial charge in [-0.2, -0.15) is 0 Å². The molecule has 0 amide bonds. The summed E-state index contributed by atoms with van der Waals surface area (Å²) in [4.78, 5) is 0. The summed E-state index contributed by atoms with van der Waals surface area (Å²) in [6.07, 6.45) is 14.9. The predicted octanol–water partition coefficient (Wildman–Crippen LogP) is 8.29. The molecule has 1 saturated heterocycles. The van der Waals surface area contributed by atoms with Crippen LogP contribution < -0.4 is 4.74 Å². The van der Waals surface area contributed by atoms with Gasteiger partial charge < -0.3 is 4.74 Å². The Kier molecular flexibility index (Phi) is 12.5. The molecule has 3 heteroatoms. The fourth-order valence-corrected chi connectivity index (χ4v) is 6.74. The zero-order chi connectivity index (χ0) is 19.2. The normalized spacial score (nSPS) is 19.9. The number of hydrogen-bond acceptors (Lipinski definition) is 3. The number of thioether (sulfide) groups is 2. The summed E-state index contributed by atoms with van der Waals surface area (Å²) in [5.74, 6) is 4.31. The van der Waals surface area contributed by atoms with Crippen molar-refractivity contribution in [1.82, 2.24) is 0 Å². The molecule has 0 aromatic heterocycles. The second-order valence-corrected chi connectivity index (χ2v) is 10.6. The SMILES string of the molecule is CCCCCCCOc1ccc(C2CSC(CCCCCCC)SC2)cc1. The van der Waals surface area contributed by atoms with Crippen LogP contribution in [0.4, 0.5) is 0 Å². The van der Waals surface area contributed by atoms with Crippen molar-refractivity contribution in [2.24, 2.45) is 0 Å². The van der Waals surface area contributed by atoms with Gasteiger partial charge >= 0.3 is 0 Å². The van der Waals surface area contributed by atoms with Crippen molar-refractivity contribution in [3.05, 3.63) is 29.8 Å². The first-order chi connectivity index (χ1) is 13.3. The maximum atomic E-state index is 5.91. The van der Waals surface area contributed by atoms with E-state index in [4.69, 9.17) is 4.74 Å². The van der Waals surface area contributed by atoms with Gasteiger partial charge in [0.15, 0.2) is 0 Å². The lowest BCUT2D eigenvalue weighted by atomic mass is 10.0. The zero-order valence-electron chi connectivity index (χ0n) is 17.6. The van der Waals surface area contributed by atoms with Crippen LogP contribution in [0.15, 0.2) is 24.3 Å². The summed E-state index contributed by atoms with van der Waals surface area (Å²) in [5, 5.41) is 0. The maximum absolute atomic E-state index is 5.91. The first-order valence-corrected chi connectivity index (χ1v) is 13.4. The lowest BCUT2D eigenvalue weighted by molar-refractivity contribution is 0.304. The van der Waals surface area contributed by atoms with E-state index in [1.807, 2.05) is 0 Å². The van der Waals surface area contributed by atoms with Crippen LogP contribution in [-0.2, 0) is 0 Å². The number of benzene rings is 1. The Labute approximate surface area is 176 Å². The molecule has 0 aliphatic carbocycles. The van der Waals surface area contributed by atoms with Crippen LogP contribution >= 0.6 is 23.5 Å². The molecule has 0 bridgehead atoms. The molecule has 1 nitrogen and oxygen atoms in total. The van der Waals surface area contributed by atoms with Crippen LogP contribution in [0.2, 0.25) is 0 Å². The molecule has 1 fully saturated rings. The quantitative estimate of drug-likeness (QED) is 0.286. The van der Waals surface area contributed by atoms with Crippen molar-refractivity contribution < 1.29 is 4.74 Å². The minimum Gasteiger partial charge on any atom is -0.494 e. The molecule has 0 unspecified atom stereocenters. The van der Waals surface area contributed by atoms with Crippen LogP contribution in [0, 0.1) is 0 Å². The lowest BCUT2D eigenvalue weighted by Gasteiger charge is -2.28. The Morgan fingerprint density at radius 3 is 2.00 bits per heavy atom. The molecule has 1 heterocycles. The van der Waals surface area contributed by atoms with Gasteiger partial charge in [-0.05, 0) is 30.5 Å². The average molecular weight is 409 g/mol. The first kappa shape index (κ1) is 23.0. The molecular weight excluding hydrogens is 368 g/mol. The van der Waals surface area contributed by atoms with Crippen molar-refractivity contribution in [3.63, 3.8) is 0 Å². The van der Waals surface area contributed by atoms with E-state index in [9.17, 15) is 0 Å². The third kappa shape index (κ3) is 9.65. The topological polar surface area (TPSA) is 9.23 Å². The Morgan fingerprint density at radius 2 is 1.37 bits per heavy atom. The Hall–Kier alpha value is -0.280. The van der Waals surface area contributed by atoms with Gasteiger partial charge in [-0.3, -0.25) is 0 Å². The molecule has 0 radical (unpaired) electrons. The molecule has 154 valence electrons. The molecule has 1 aromatic carbocycles. The van der Waals surface area contributed by atoms with Crippen LogP contribution in [0.5, 0.6) is 5.75 Å². The predicted molar refractivity (Wildman–Crippen MR) is 126 cm³/mol. The van der Waals surface area contributed by atoms with Gasteiger partial charge in [0.05, 0.1) is 11.2 Å². The van der Waals surface area contributed by atoms with Gasteiger partial charge in [-0.1, -0.05) is 83.8 Å². The van der Waals surface area contributed by atoms with Crippen LogP contribution in [0.25, 0.3) is 0 Å². The minimum atomic E-state index is 0.708. The van der Waals surface area contributed by atoms with E-state index < -0.39 is 0 Å². The summed E-state index contributed by atoms with van der Waals surface area (Å²) < 4.78 is 6.74. The smallest absolute Gasteiger partial charge is 0.119 e. The van der Waals surface area contributed by atoms with E-state index >= 15 is 0 Å². The molecule has 1 aromatic rings. The average Bonchev–Trinajstić information content (AvgIpc) is 2.71. The highest BCUT2D eigenvalue weighted by molar-refractivity contribution is 8.17. The minimum absolute atomic E-state index is 0.708. The lowest BCUT2D eigenvalue weighted by Crippen LogP contribution is -2.16. The van der Waals surface area contributed by atoms with E-state index in [1.165, 1.54) is 87.7 Å². The summed E-state index contributed by atoms with van der Waals surface area (Å²) >= 11 is 4.38. The molecule has 0 saturated carbocycles. The summed E-state index contributed by atoms with van der Waals surface area (Å²) in [6, 6.07) is 8.94. The van der Waals surface area contributed by atoms with Crippen molar-refractivity contribution in [3.8, 4) is 5.75 Å². The van der Waals surface area contributed by atoms with Crippen molar-refractivity contribution in [1.29, 1.82) is 0 Å². The van der Waals surface area contributed by atoms with E-state index in [-0.39, 0.29) is 0 Å². The largest absolute Gasteiger partial charge is 0.494 e. The number of rotatable bonds is 14. The van der Waals surface area contributed by atoms with E-state index in [0.717, 1.165) is 16.9 Å². The number of hydrogen-bond donors (Lipinski definition) is 0. The molecule has 2 rings (SSSR count). The Balaban J connectivity index is 1.60. The van der Waals surface area contributed by atoms with Gasteiger partial charge in [0.25, 0.3) is 0 Å². The summed E-state index contributed by atoms with van der Waals surface area (Å²) in [5.41, 5.74) is 1.49. The second kappa shape index (κ2) is 14.7. The monoisotopic (exact) mass is 408 g/mol. The fraction of sp³-hybridized carbons (Fsp3) is 0.750. The van der Waals surface area contributed by atoms with Gasteiger partial charge in [-0.25, -0.2) is 0 Å². The molecule has 1 aliphatic rings. The molecule has 0 spiro atoms.